The predicted octanol–water partition coefficient (Wildman–Crippen LogP) is 2.73. The van der Waals surface area contributed by atoms with E-state index in [4.69, 9.17) is 0 Å². The number of nitrogens with zero attached hydrogens (tertiary/aromatic N) is 2. The monoisotopic (exact) mass is 228 g/mol. The molecule has 0 fully saturated rings. The van der Waals surface area contributed by atoms with E-state index >= 15 is 0 Å². The van der Waals surface area contributed by atoms with Crippen LogP contribution in [0.3, 0.4) is 0 Å². The molecule has 0 aliphatic rings. The Morgan fingerprint density at radius 2 is 1.94 bits per heavy atom. The SMILES string of the molecule is Oc1cccc(-c2cnn(C(F)(F)F)c2)c1. The lowest BCUT2D eigenvalue weighted by Crippen LogP contribution is -2.16. The molecule has 2 rings (SSSR count). The molecule has 0 saturated carbocycles. The van der Waals surface area contributed by atoms with E-state index in [0.717, 1.165) is 12.4 Å². The Kier molecular flexibility index (Phi) is 2.34. The summed E-state index contributed by atoms with van der Waals surface area (Å²) in [6.45, 7) is 0. The molecule has 2 aromatic rings. The number of halogens is 3. The lowest BCUT2D eigenvalue weighted by molar-refractivity contribution is -0.212. The van der Waals surface area contributed by atoms with Crippen molar-refractivity contribution in [2.45, 2.75) is 6.30 Å². The summed E-state index contributed by atoms with van der Waals surface area (Å²) >= 11 is 0. The zero-order chi connectivity index (χ0) is 11.8. The van der Waals surface area contributed by atoms with Gasteiger partial charge in [-0.1, -0.05) is 12.1 Å². The third-order valence-electron chi connectivity index (χ3n) is 2.02. The number of phenols is 1. The van der Waals surface area contributed by atoms with Crippen molar-refractivity contribution in [1.29, 1.82) is 0 Å². The lowest BCUT2D eigenvalue weighted by Gasteiger charge is -2.04. The van der Waals surface area contributed by atoms with Gasteiger partial charge in [-0.2, -0.15) is 9.78 Å². The highest BCUT2D eigenvalue weighted by atomic mass is 19.4. The smallest absolute Gasteiger partial charge is 0.504 e. The van der Waals surface area contributed by atoms with Crippen LogP contribution in [0.1, 0.15) is 0 Å². The minimum Gasteiger partial charge on any atom is -0.508 e. The number of aromatic hydroxyl groups is 1. The van der Waals surface area contributed by atoms with E-state index in [1.165, 1.54) is 12.1 Å². The normalized spacial score (nSPS) is 11.7. The molecule has 0 saturated heterocycles. The van der Waals surface area contributed by atoms with E-state index in [0.29, 0.717) is 11.1 Å². The van der Waals surface area contributed by atoms with E-state index in [-0.39, 0.29) is 10.4 Å². The first kappa shape index (κ1) is 10.5. The quantitative estimate of drug-likeness (QED) is 0.814. The Labute approximate surface area is 88.8 Å². The summed E-state index contributed by atoms with van der Waals surface area (Å²) in [4.78, 5) is 0. The first-order chi connectivity index (χ1) is 7.47. The Morgan fingerprint density at radius 1 is 1.19 bits per heavy atom. The second-order valence-corrected chi connectivity index (χ2v) is 3.19. The summed E-state index contributed by atoms with van der Waals surface area (Å²) in [5.74, 6) is -0.00254. The van der Waals surface area contributed by atoms with Crippen molar-refractivity contribution in [3.8, 4) is 16.9 Å². The zero-order valence-electron chi connectivity index (χ0n) is 7.94. The van der Waals surface area contributed by atoms with E-state index in [2.05, 4.69) is 5.10 Å². The molecule has 0 atom stereocenters. The number of benzene rings is 1. The van der Waals surface area contributed by atoms with Crippen LogP contribution in [0.15, 0.2) is 36.7 Å². The topological polar surface area (TPSA) is 38.1 Å². The second kappa shape index (κ2) is 3.55. The summed E-state index contributed by atoms with van der Waals surface area (Å²) in [6, 6.07) is 5.96. The van der Waals surface area contributed by atoms with E-state index in [1.807, 2.05) is 0 Å². The van der Waals surface area contributed by atoms with Crippen molar-refractivity contribution in [2.75, 3.05) is 0 Å². The molecule has 1 aromatic heterocycles. The number of rotatable bonds is 1. The number of alkyl halides is 3. The van der Waals surface area contributed by atoms with Gasteiger partial charge in [0.1, 0.15) is 5.75 Å². The van der Waals surface area contributed by atoms with Gasteiger partial charge in [0.05, 0.1) is 6.20 Å². The largest absolute Gasteiger partial charge is 0.508 e. The maximum Gasteiger partial charge on any atom is 0.504 e. The highest BCUT2D eigenvalue weighted by Crippen LogP contribution is 2.26. The molecule has 1 aromatic carbocycles. The van der Waals surface area contributed by atoms with E-state index in [1.54, 1.807) is 12.1 Å². The van der Waals surface area contributed by atoms with Gasteiger partial charge in [0.15, 0.2) is 0 Å². The van der Waals surface area contributed by atoms with Crippen LogP contribution in [0, 0.1) is 0 Å². The van der Waals surface area contributed by atoms with Gasteiger partial charge in [-0.15, -0.1) is 13.2 Å². The Morgan fingerprint density at radius 3 is 2.50 bits per heavy atom. The molecule has 0 radical (unpaired) electrons. The molecule has 0 aliphatic carbocycles. The van der Waals surface area contributed by atoms with Gasteiger partial charge in [0.2, 0.25) is 0 Å². The van der Waals surface area contributed by atoms with Gasteiger partial charge in [0.25, 0.3) is 0 Å². The molecule has 0 bridgehead atoms. The highest BCUT2D eigenvalue weighted by Gasteiger charge is 2.31. The predicted molar refractivity (Wildman–Crippen MR) is 50.6 cm³/mol. The minimum atomic E-state index is -4.52. The number of hydrogen-bond donors (Lipinski definition) is 1. The van der Waals surface area contributed by atoms with Gasteiger partial charge in [-0.3, -0.25) is 0 Å². The maximum absolute atomic E-state index is 12.2. The summed E-state index contributed by atoms with van der Waals surface area (Å²) in [7, 11) is 0. The van der Waals surface area contributed by atoms with Crippen LogP contribution in [-0.4, -0.2) is 14.9 Å². The van der Waals surface area contributed by atoms with Crippen molar-refractivity contribution in [3.63, 3.8) is 0 Å². The number of phenolic OH excluding ortho intramolecular Hbond substituents is 1. The third kappa shape index (κ3) is 2.00. The van der Waals surface area contributed by atoms with Gasteiger partial charge >= 0.3 is 6.30 Å². The molecular formula is C10H7F3N2O. The van der Waals surface area contributed by atoms with Crippen LogP contribution in [0.25, 0.3) is 11.1 Å². The van der Waals surface area contributed by atoms with E-state index < -0.39 is 6.30 Å². The fourth-order valence-electron chi connectivity index (χ4n) is 1.30. The molecule has 0 spiro atoms. The van der Waals surface area contributed by atoms with Crippen LogP contribution in [0.5, 0.6) is 5.75 Å². The summed E-state index contributed by atoms with van der Waals surface area (Å²) in [5, 5.41) is 12.4. The van der Waals surface area contributed by atoms with Crippen LogP contribution in [0.4, 0.5) is 13.2 Å². The van der Waals surface area contributed by atoms with E-state index in [9.17, 15) is 18.3 Å². The zero-order valence-corrected chi connectivity index (χ0v) is 7.94. The van der Waals surface area contributed by atoms with Crippen LogP contribution in [-0.2, 0) is 6.30 Å². The van der Waals surface area contributed by atoms with Gasteiger partial charge in [-0.25, -0.2) is 0 Å². The molecule has 16 heavy (non-hydrogen) atoms. The molecule has 1 N–H and O–H groups in total. The molecule has 0 amide bonds. The average Bonchev–Trinajstić information content (AvgIpc) is 2.65. The summed E-state index contributed by atoms with van der Waals surface area (Å²) < 4.78 is 36.7. The van der Waals surface area contributed by atoms with Gasteiger partial charge < -0.3 is 5.11 Å². The number of aromatic nitrogens is 2. The second-order valence-electron chi connectivity index (χ2n) is 3.19. The average molecular weight is 228 g/mol. The fraction of sp³-hybridized carbons (Fsp3) is 0.100. The van der Waals surface area contributed by atoms with Crippen molar-refractivity contribution in [2.24, 2.45) is 0 Å². The maximum atomic E-state index is 12.2. The molecule has 0 aliphatic heterocycles. The van der Waals surface area contributed by atoms with Crippen molar-refractivity contribution < 1.29 is 18.3 Å². The standard InChI is InChI=1S/C10H7F3N2O/c11-10(12,13)15-6-8(5-14-15)7-2-1-3-9(16)4-7/h1-6,16H. The Hall–Kier alpha value is -1.98. The highest BCUT2D eigenvalue weighted by molar-refractivity contribution is 5.63. The summed E-state index contributed by atoms with van der Waals surface area (Å²) in [5.41, 5.74) is 0.781. The minimum absolute atomic E-state index is 0.00254. The Balaban J connectivity index is 2.39. The van der Waals surface area contributed by atoms with Crippen LogP contribution in [0.2, 0.25) is 0 Å². The van der Waals surface area contributed by atoms with Gasteiger partial charge in [-0.05, 0) is 17.7 Å². The summed E-state index contributed by atoms with van der Waals surface area (Å²) in [6.07, 6.45) is -2.55. The lowest BCUT2D eigenvalue weighted by atomic mass is 10.1. The first-order valence-corrected chi connectivity index (χ1v) is 4.38. The molecule has 6 heteroatoms. The Bertz CT molecular complexity index is 505. The third-order valence-corrected chi connectivity index (χ3v) is 2.02. The molecule has 3 nitrogen and oxygen atoms in total. The van der Waals surface area contributed by atoms with Crippen molar-refractivity contribution in [1.82, 2.24) is 9.78 Å². The van der Waals surface area contributed by atoms with Crippen LogP contribution >= 0.6 is 0 Å². The van der Waals surface area contributed by atoms with Crippen molar-refractivity contribution >= 4 is 0 Å². The van der Waals surface area contributed by atoms with Crippen LogP contribution < -0.4 is 0 Å². The van der Waals surface area contributed by atoms with Crippen molar-refractivity contribution in [3.05, 3.63) is 36.7 Å². The molecule has 84 valence electrons. The molecule has 0 unspecified atom stereocenters. The number of hydrogen-bond acceptors (Lipinski definition) is 2. The molecule has 1 heterocycles. The molecular weight excluding hydrogens is 221 g/mol. The van der Waals surface area contributed by atoms with Gasteiger partial charge in [0, 0.05) is 11.8 Å². The first-order valence-electron chi connectivity index (χ1n) is 4.38. The fourth-order valence-corrected chi connectivity index (χ4v) is 1.30.